The topological polar surface area (TPSA) is 41.5 Å². The summed E-state index contributed by atoms with van der Waals surface area (Å²) < 4.78 is 5.26. The molecule has 0 aromatic heterocycles. The third-order valence-corrected chi connectivity index (χ3v) is 5.17. The molecule has 3 aromatic rings. The Morgan fingerprint density at radius 3 is 2.46 bits per heavy atom. The second-order valence-corrected chi connectivity index (χ2v) is 6.71. The molecule has 3 aromatic carbocycles. The highest BCUT2D eigenvalue weighted by atomic mass is 31.1. The van der Waals surface area contributed by atoms with Crippen molar-refractivity contribution >= 4 is 24.9 Å². The molecule has 0 heterocycles. The highest BCUT2D eigenvalue weighted by Gasteiger charge is 2.08. The first kappa shape index (κ1) is 16.4. The fourth-order valence-corrected chi connectivity index (χ4v) is 3.66. The van der Waals surface area contributed by atoms with Crippen molar-refractivity contribution < 1.29 is 9.84 Å². The molecule has 2 N–H and O–H groups in total. The van der Waals surface area contributed by atoms with Crippen LogP contribution < -0.4 is 20.7 Å². The van der Waals surface area contributed by atoms with Gasteiger partial charge >= 0.3 is 0 Å². The highest BCUT2D eigenvalue weighted by Crippen LogP contribution is 2.24. The van der Waals surface area contributed by atoms with Crippen LogP contribution in [0.25, 0.3) is 0 Å². The lowest BCUT2D eigenvalue weighted by Gasteiger charge is -2.13. The van der Waals surface area contributed by atoms with Crippen LogP contribution in [0.4, 0.5) is 5.69 Å². The maximum Gasteiger partial charge on any atom is 0.123 e. The number of phenols is 1. The third kappa shape index (κ3) is 4.06. The van der Waals surface area contributed by atoms with Crippen LogP contribution in [0.5, 0.6) is 11.5 Å². The largest absolute Gasteiger partial charge is 0.507 e. The summed E-state index contributed by atoms with van der Waals surface area (Å²) in [5.41, 5.74) is 2.32. The van der Waals surface area contributed by atoms with Crippen LogP contribution in [0, 0.1) is 0 Å². The van der Waals surface area contributed by atoms with Crippen LogP contribution in [-0.4, -0.2) is 12.2 Å². The lowest BCUT2D eigenvalue weighted by molar-refractivity contribution is 0.413. The summed E-state index contributed by atoms with van der Waals surface area (Å²) >= 11 is 0. The third-order valence-electron chi connectivity index (χ3n) is 3.75. The lowest BCUT2D eigenvalue weighted by Crippen LogP contribution is -2.12. The molecular weight excluding hydrogens is 317 g/mol. The molecule has 24 heavy (non-hydrogen) atoms. The maximum absolute atomic E-state index is 10.1. The standard InChI is InChI=1S/C20H20NO2P/c1-23-17-11-12-18(22)20(13-17)24-19-10-6-5-7-15(19)14-21-16-8-3-2-4-9-16/h2-13,21-22,24H,14H2,1H3. The predicted molar refractivity (Wildman–Crippen MR) is 102 cm³/mol. The minimum atomic E-state index is 0.306. The number of phenolic OH excluding ortho intramolecular Hbond substituents is 1. The van der Waals surface area contributed by atoms with E-state index in [0.717, 1.165) is 23.3 Å². The minimum Gasteiger partial charge on any atom is -0.507 e. The Bertz CT molecular complexity index is 806. The van der Waals surface area contributed by atoms with Gasteiger partial charge in [0.15, 0.2) is 0 Å². The molecular formula is C20H20NO2P. The molecule has 0 amide bonds. The molecule has 0 radical (unpaired) electrons. The first-order valence-corrected chi connectivity index (χ1v) is 8.77. The van der Waals surface area contributed by atoms with E-state index in [9.17, 15) is 5.11 Å². The van der Waals surface area contributed by atoms with Crippen molar-refractivity contribution in [2.24, 2.45) is 0 Å². The fraction of sp³-hybridized carbons (Fsp3) is 0.100. The van der Waals surface area contributed by atoms with Gasteiger partial charge in [-0.15, -0.1) is 0 Å². The van der Waals surface area contributed by atoms with Crippen molar-refractivity contribution in [1.82, 2.24) is 0 Å². The molecule has 0 saturated carbocycles. The molecule has 0 bridgehead atoms. The van der Waals surface area contributed by atoms with Crippen LogP contribution in [0.1, 0.15) is 5.56 Å². The molecule has 1 atom stereocenters. The summed E-state index contributed by atoms with van der Waals surface area (Å²) in [6, 6.07) is 23.8. The maximum atomic E-state index is 10.1. The van der Waals surface area contributed by atoms with E-state index in [1.54, 1.807) is 19.2 Å². The second-order valence-electron chi connectivity index (χ2n) is 5.38. The van der Waals surface area contributed by atoms with Crippen LogP contribution in [0.2, 0.25) is 0 Å². The van der Waals surface area contributed by atoms with Gasteiger partial charge in [-0.2, -0.15) is 0 Å². The molecule has 3 nitrogen and oxygen atoms in total. The predicted octanol–water partition coefficient (Wildman–Crippen LogP) is 3.64. The van der Waals surface area contributed by atoms with E-state index in [4.69, 9.17) is 4.74 Å². The van der Waals surface area contributed by atoms with Gasteiger partial charge in [-0.05, 0) is 41.2 Å². The highest BCUT2D eigenvalue weighted by molar-refractivity contribution is 7.55. The number of para-hydroxylation sites is 1. The number of nitrogens with one attached hydrogen (secondary N) is 1. The molecule has 3 rings (SSSR count). The molecule has 122 valence electrons. The summed E-state index contributed by atoms with van der Waals surface area (Å²) in [4.78, 5) is 0. The van der Waals surface area contributed by atoms with Gasteiger partial charge in [0.05, 0.1) is 7.11 Å². The molecule has 0 spiro atoms. The number of hydrogen-bond donors (Lipinski definition) is 2. The monoisotopic (exact) mass is 337 g/mol. The molecule has 0 fully saturated rings. The van der Waals surface area contributed by atoms with Crippen molar-refractivity contribution in [3.8, 4) is 11.5 Å². The van der Waals surface area contributed by atoms with Gasteiger partial charge in [-0.25, -0.2) is 0 Å². The number of hydrogen-bond acceptors (Lipinski definition) is 3. The number of ether oxygens (including phenoxy) is 1. The van der Waals surface area contributed by atoms with E-state index in [-0.39, 0.29) is 0 Å². The molecule has 0 aliphatic carbocycles. The number of aromatic hydroxyl groups is 1. The van der Waals surface area contributed by atoms with Crippen molar-refractivity contribution in [2.45, 2.75) is 6.54 Å². The van der Waals surface area contributed by atoms with E-state index in [0.29, 0.717) is 14.3 Å². The summed E-state index contributed by atoms with van der Waals surface area (Å²) in [7, 11) is 2.01. The minimum absolute atomic E-state index is 0.306. The molecule has 4 heteroatoms. The Morgan fingerprint density at radius 2 is 1.67 bits per heavy atom. The molecule has 0 aliphatic rings. The first-order chi connectivity index (χ1) is 11.8. The Balaban J connectivity index is 1.79. The zero-order chi connectivity index (χ0) is 16.8. The average molecular weight is 337 g/mol. The van der Waals surface area contributed by atoms with Crippen molar-refractivity contribution in [3.63, 3.8) is 0 Å². The summed E-state index contributed by atoms with van der Waals surface area (Å²) in [5, 5.41) is 15.7. The van der Waals surface area contributed by atoms with Crippen LogP contribution in [-0.2, 0) is 6.54 Å². The normalized spacial score (nSPS) is 10.9. The zero-order valence-corrected chi connectivity index (χ0v) is 14.5. The zero-order valence-electron chi connectivity index (χ0n) is 13.5. The molecule has 0 saturated heterocycles. The Labute approximate surface area is 144 Å². The van der Waals surface area contributed by atoms with Gasteiger partial charge in [0.2, 0.25) is 0 Å². The lowest BCUT2D eigenvalue weighted by atomic mass is 10.2. The van der Waals surface area contributed by atoms with Gasteiger partial charge in [-0.1, -0.05) is 51.0 Å². The number of anilines is 1. The van der Waals surface area contributed by atoms with Crippen LogP contribution >= 0.6 is 8.58 Å². The van der Waals surface area contributed by atoms with Gasteiger partial charge in [-0.3, -0.25) is 0 Å². The summed E-state index contributed by atoms with van der Waals surface area (Å²) in [6.45, 7) is 0.748. The summed E-state index contributed by atoms with van der Waals surface area (Å²) in [5.74, 6) is 1.06. The van der Waals surface area contributed by atoms with Crippen LogP contribution in [0.3, 0.4) is 0 Å². The quantitative estimate of drug-likeness (QED) is 0.675. The van der Waals surface area contributed by atoms with Gasteiger partial charge < -0.3 is 15.2 Å². The smallest absolute Gasteiger partial charge is 0.123 e. The van der Waals surface area contributed by atoms with Gasteiger partial charge in [0.1, 0.15) is 11.5 Å². The molecule has 0 aliphatic heterocycles. The molecule has 1 unspecified atom stereocenters. The number of rotatable bonds is 6. The van der Waals surface area contributed by atoms with Crippen molar-refractivity contribution in [3.05, 3.63) is 78.4 Å². The Hall–Kier alpha value is -2.51. The van der Waals surface area contributed by atoms with Crippen molar-refractivity contribution in [1.29, 1.82) is 0 Å². The number of methoxy groups -OCH3 is 1. The number of benzene rings is 3. The fourth-order valence-electron chi connectivity index (χ4n) is 2.44. The van der Waals surface area contributed by atoms with E-state index < -0.39 is 0 Å². The van der Waals surface area contributed by atoms with Gasteiger partial charge in [0, 0.05) is 17.5 Å². The van der Waals surface area contributed by atoms with Crippen LogP contribution in [0.15, 0.2) is 72.8 Å². The Kier molecular flexibility index (Phi) is 5.35. The Morgan fingerprint density at radius 1 is 0.917 bits per heavy atom. The van der Waals surface area contributed by atoms with Gasteiger partial charge in [0.25, 0.3) is 0 Å². The van der Waals surface area contributed by atoms with E-state index in [1.807, 2.05) is 36.4 Å². The second kappa shape index (κ2) is 7.85. The van der Waals surface area contributed by atoms with Crippen molar-refractivity contribution in [2.75, 3.05) is 12.4 Å². The SMILES string of the molecule is COc1ccc(O)c(Pc2ccccc2CNc2ccccc2)c1. The average Bonchev–Trinajstić information content (AvgIpc) is 2.63. The first-order valence-electron chi connectivity index (χ1n) is 7.77. The van der Waals surface area contributed by atoms with E-state index in [1.165, 1.54) is 10.9 Å². The van der Waals surface area contributed by atoms with E-state index in [2.05, 4.69) is 29.6 Å². The van der Waals surface area contributed by atoms with E-state index >= 15 is 0 Å². The summed E-state index contributed by atoms with van der Waals surface area (Å²) in [6.07, 6.45) is 0.